The first-order valence-corrected chi connectivity index (χ1v) is 9.59. The maximum atomic E-state index is 12.7. The molecule has 3 nitrogen and oxygen atoms in total. The summed E-state index contributed by atoms with van der Waals surface area (Å²) < 4.78 is 11.8. The number of carbonyl (C=O) groups is 1. The van der Waals surface area contributed by atoms with E-state index in [2.05, 4.69) is 6.58 Å². The number of halogens is 2. The van der Waals surface area contributed by atoms with Crippen molar-refractivity contribution in [3.63, 3.8) is 0 Å². The minimum absolute atomic E-state index is 0.0338. The van der Waals surface area contributed by atoms with Gasteiger partial charge in [-0.1, -0.05) is 73.5 Å². The normalized spacial score (nSPS) is 20.0. The number of benzene rings is 1. The number of furan rings is 1. The predicted molar refractivity (Wildman–Crippen MR) is 108 cm³/mol. The highest BCUT2D eigenvalue weighted by Gasteiger charge is 2.61. The van der Waals surface area contributed by atoms with Gasteiger partial charge in [0.1, 0.15) is 10.3 Å². The highest BCUT2D eigenvalue weighted by molar-refractivity contribution is 6.55. The van der Waals surface area contributed by atoms with E-state index < -0.39 is 0 Å². The van der Waals surface area contributed by atoms with Gasteiger partial charge in [-0.3, -0.25) is 4.79 Å². The molecule has 1 aliphatic carbocycles. The molecule has 2 atom stereocenters. The molecule has 142 valence electrons. The lowest BCUT2D eigenvalue weighted by atomic mass is 10.1. The third-order valence-electron chi connectivity index (χ3n) is 5.05. The van der Waals surface area contributed by atoms with Gasteiger partial charge in [0.2, 0.25) is 0 Å². The third-order valence-corrected chi connectivity index (χ3v) is 5.30. The molecule has 0 N–H and O–H groups in total. The Bertz CT molecular complexity index is 861. The van der Waals surface area contributed by atoms with E-state index in [1.165, 1.54) is 0 Å². The molecule has 1 fully saturated rings. The monoisotopic (exact) mass is 404 g/mol. The fourth-order valence-electron chi connectivity index (χ4n) is 3.46. The van der Waals surface area contributed by atoms with Gasteiger partial charge in [-0.15, -0.1) is 6.58 Å². The summed E-state index contributed by atoms with van der Waals surface area (Å²) in [5.74, 6) is 1.19. The van der Waals surface area contributed by atoms with Gasteiger partial charge in [0.05, 0.1) is 5.92 Å². The molecule has 2 aromatic rings. The van der Waals surface area contributed by atoms with Gasteiger partial charge in [-0.2, -0.15) is 0 Å². The van der Waals surface area contributed by atoms with E-state index in [-0.39, 0.29) is 27.7 Å². The van der Waals surface area contributed by atoms with Gasteiger partial charge in [0.25, 0.3) is 0 Å². The lowest BCUT2D eigenvalue weighted by molar-refractivity contribution is -0.136. The summed E-state index contributed by atoms with van der Waals surface area (Å²) in [6.07, 6.45) is 4.55. The Morgan fingerprint density at radius 2 is 2.00 bits per heavy atom. The van der Waals surface area contributed by atoms with Crippen molar-refractivity contribution >= 4 is 29.2 Å². The van der Waals surface area contributed by atoms with Crippen LogP contribution in [0.1, 0.15) is 30.9 Å². The Hall–Kier alpha value is -1.97. The maximum absolute atomic E-state index is 12.7. The van der Waals surface area contributed by atoms with Crippen LogP contribution in [0.2, 0.25) is 0 Å². The first-order chi connectivity index (χ1) is 12.8. The summed E-state index contributed by atoms with van der Waals surface area (Å²) in [7, 11) is 0. The summed E-state index contributed by atoms with van der Waals surface area (Å²) in [5.41, 5.74) is 0.890. The highest BCUT2D eigenvalue weighted by Crippen LogP contribution is 2.60. The number of hydrogen-bond acceptors (Lipinski definition) is 3. The van der Waals surface area contributed by atoms with E-state index in [9.17, 15) is 4.79 Å². The molecule has 1 aromatic carbocycles. The zero-order chi connectivity index (χ0) is 19.6. The van der Waals surface area contributed by atoms with Crippen LogP contribution in [-0.4, -0.2) is 5.97 Å². The molecule has 0 radical (unpaired) electrons. The first-order valence-electron chi connectivity index (χ1n) is 8.84. The van der Waals surface area contributed by atoms with E-state index in [1.54, 1.807) is 18.2 Å². The van der Waals surface area contributed by atoms with Crippen LogP contribution in [0.4, 0.5) is 0 Å². The molecular formula is C22H22Cl2O3. The van der Waals surface area contributed by atoms with Crippen LogP contribution < -0.4 is 4.74 Å². The number of allylic oxidation sites excluding steroid dienone is 2. The summed E-state index contributed by atoms with van der Waals surface area (Å²) in [6.45, 7) is 7.74. The Labute approximate surface area is 169 Å². The number of rotatable bonds is 7. The summed E-state index contributed by atoms with van der Waals surface area (Å²) in [4.78, 5) is 12.7. The van der Waals surface area contributed by atoms with Gasteiger partial charge >= 0.3 is 5.97 Å². The average molecular weight is 405 g/mol. The van der Waals surface area contributed by atoms with Crippen molar-refractivity contribution in [1.82, 2.24) is 0 Å². The molecule has 27 heavy (non-hydrogen) atoms. The average Bonchev–Trinajstić information content (AvgIpc) is 2.93. The zero-order valence-electron chi connectivity index (χ0n) is 15.4. The largest absolute Gasteiger partial charge is 0.461 e. The van der Waals surface area contributed by atoms with E-state index in [1.807, 2.05) is 44.2 Å². The molecule has 3 rings (SSSR count). The summed E-state index contributed by atoms with van der Waals surface area (Å²) >= 11 is 11.5. The lowest BCUT2D eigenvalue weighted by Crippen LogP contribution is -2.14. The Morgan fingerprint density at radius 3 is 2.63 bits per heavy atom. The minimum atomic E-state index is -0.298. The van der Waals surface area contributed by atoms with E-state index in [0.29, 0.717) is 24.4 Å². The van der Waals surface area contributed by atoms with Crippen LogP contribution in [0.3, 0.4) is 0 Å². The smallest absolute Gasteiger partial charge is 0.315 e. The third kappa shape index (κ3) is 4.48. The quantitative estimate of drug-likeness (QED) is 0.413. The van der Waals surface area contributed by atoms with Crippen LogP contribution in [0.5, 0.6) is 5.75 Å². The number of hydrogen-bond donors (Lipinski definition) is 0. The Balaban J connectivity index is 1.77. The van der Waals surface area contributed by atoms with Gasteiger partial charge in [0.15, 0.2) is 11.5 Å². The van der Waals surface area contributed by atoms with Crippen molar-refractivity contribution in [2.75, 3.05) is 0 Å². The lowest BCUT2D eigenvalue weighted by Gasteiger charge is -2.04. The first kappa shape index (κ1) is 19.8. The predicted octanol–water partition coefficient (Wildman–Crippen LogP) is 6.10. The molecule has 1 aliphatic rings. The van der Waals surface area contributed by atoms with Crippen LogP contribution in [0.25, 0.3) is 0 Å². The van der Waals surface area contributed by atoms with Crippen molar-refractivity contribution in [3.05, 3.63) is 76.7 Å². The number of esters is 1. The number of carbonyl (C=O) groups excluding carboxylic acids is 1. The molecule has 1 aromatic heterocycles. The highest BCUT2D eigenvalue weighted by atomic mass is 35.5. The molecule has 0 saturated heterocycles. The summed E-state index contributed by atoms with van der Waals surface area (Å²) in [5, 5.41) is 0. The van der Waals surface area contributed by atoms with Crippen molar-refractivity contribution in [2.45, 2.75) is 26.7 Å². The van der Waals surface area contributed by atoms with Crippen LogP contribution >= 0.6 is 23.2 Å². The zero-order valence-corrected chi connectivity index (χ0v) is 16.9. The second-order valence-corrected chi connectivity index (χ2v) is 8.37. The fraction of sp³-hybridized carbons (Fsp3) is 0.318. The molecule has 5 heteroatoms. The molecule has 0 aliphatic heterocycles. The Morgan fingerprint density at radius 1 is 1.30 bits per heavy atom. The second kappa shape index (κ2) is 7.95. The molecule has 0 amide bonds. The van der Waals surface area contributed by atoms with Gasteiger partial charge in [-0.05, 0) is 23.0 Å². The van der Waals surface area contributed by atoms with E-state index in [4.69, 9.17) is 32.4 Å². The van der Waals surface area contributed by atoms with Crippen LogP contribution in [0.15, 0.2) is 64.0 Å². The van der Waals surface area contributed by atoms with Crippen molar-refractivity contribution in [3.8, 4) is 5.75 Å². The van der Waals surface area contributed by atoms with Crippen molar-refractivity contribution in [1.29, 1.82) is 0 Å². The van der Waals surface area contributed by atoms with E-state index in [0.717, 1.165) is 11.3 Å². The maximum Gasteiger partial charge on any atom is 0.315 e. The molecule has 0 spiro atoms. The van der Waals surface area contributed by atoms with Gasteiger partial charge in [-0.25, -0.2) is 0 Å². The van der Waals surface area contributed by atoms with Crippen molar-refractivity contribution in [2.24, 2.45) is 17.3 Å². The van der Waals surface area contributed by atoms with Crippen LogP contribution in [-0.2, 0) is 17.6 Å². The Kier molecular flexibility index (Phi) is 5.83. The van der Waals surface area contributed by atoms with Gasteiger partial charge < -0.3 is 9.15 Å². The topological polar surface area (TPSA) is 39.4 Å². The molecule has 2 unspecified atom stereocenters. The SMILES string of the molecule is C=CCc1oc(Cc2ccccc2)cc1OC(=O)C1C(C=C(Cl)Cl)C1(C)C. The summed E-state index contributed by atoms with van der Waals surface area (Å²) in [6, 6.07) is 11.8. The van der Waals surface area contributed by atoms with E-state index >= 15 is 0 Å². The second-order valence-electron chi connectivity index (χ2n) is 7.36. The molecular weight excluding hydrogens is 383 g/mol. The molecule has 1 heterocycles. The number of ether oxygens (including phenoxy) is 1. The van der Waals surface area contributed by atoms with Gasteiger partial charge in [0, 0.05) is 18.9 Å². The standard InChI is InChI=1S/C22H22Cl2O3/c1-4-8-17-18(12-15(26-17)11-14-9-6-5-7-10-14)27-21(25)20-16(13-19(23)24)22(20,2)3/h4-7,9-10,12-13,16,20H,1,8,11H2,2-3H3. The van der Waals surface area contributed by atoms with Crippen molar-refractivity contribution < 1.29 is 13.9 Å². The molecule has 1 saturated carbocycles. The van der Waals surface area contributed by atoms with Crippen LogP contribution in [0, 0.1) is 17.3 Å². The fourth-order valence-corrected chi connectivity index (χ4v) is 3.73. The molecule has 0 bridgehead atoms. The minimum Gasteiger partial charge on any atom is -0.461 e.